The largest absolute Gasteiger partial charge is 0.339 e. The number of hydrogen-bond acceptors (Lipinski definition) is 3. The lowest BCUT2D eigenvalue weighted by molar-refractivity contribution is 0.0696. The van der Waals surface area contributed by atoms with Crippen molar-refractivity contribution in [3.05, 3.63) is 29.8 Å². The van der Waals surface area contributed by atoms with Gasteiger partial charge in [-0.2, -0.15) is 0 Å². The number of benzene rings is 1. The molecule has 1 amide bonds. The van der Waals surface area contributed by atoms with Crippen molar-refractivity contribution in [1.29, 1.82) is 0 Å². The van der Waals surface area contributed by atoms with Crippen LogP contribution in [0.15, 0.2) is 29.2 Å². The fourth-order valence-electron chi connectivity index (χ4n) is 2.97. The van der Waals surface area contributed by atoms with Crippen molar-refractivity contribution in [3.8, 4) is 0 Å². The maximum atomic E-state index is 12.6. The van der Waals surface area contributed by atoms with E-state index in [1.165, 1.54) is 31.4 Å². The number of carbonyl (C=O) groups excluding carboxylic acids is 1. The molecule has 0 radical (unpaired) electrons. The Morgan fingerprint density at radius 2 is 1.75 bits per heavy atom. The van der Waals surface area contributed by atoms with E-state index in [9.17, 15) is 13.2 Å². The highest BCUT2D eigenvalue weighted by atomic mass is 32.2. The molecule has 0 aliphatic heterocycles. The summed E-state index contributed by atoms with van der Waals surface area (Å²) in [5.41, 5.74) is 0.533. The second-order valence-corrected chi connectivity index (χ2v) is 8.74. The molecule has 0 spiro atoms. The lowest BCUT2D eigenvalue weighted by Gasteiger charge is -2.31. The third kappa shape index (κ3) is 4.80. The SMILES string of the molecule is CC(C)CNS(=O)(=O)c1ccc(C(=O)N(C)C2CCCCC2)cc1. The van der Waals surface area contributed by atoms with Crippen molar-refractivity contribution in [2.45, 2.75) is 56.9 Å². The Kier molecular flexibility index (Phi) is 6.40. The molecule has 2 rings (SSSR count). The molecule has 1 saturated carbocycles. The van der Waals surface area contributed by atoms with E-state index in [1.807, 2.05) is 20.9 Å². The molecule has 5 nitrogen and oxygen atoms in total. The highest BCUT2D eigenvalue weighted by molar-refractivity contribution is 7.89. The summed E-state index contributed by atoms with van der Waals surface area (Å²) in [6, 6.07) is 6.51. The zero-order valence-corrected chi connectivity index (χ0v) is 15.6. The highest BCUT2D eigenvalue weighted by Crippen LogP contribution is 2.23. The Morgan fingerprint density at radius 3 is 2.29 bits per heavy atom. The molecule has 1 aromatic rings. The number of hydrogen-bond donors (Lipinski definition) is 1. The predicted octanol–water partition coefficient (Wildman–Crippen LogP) is 3.03. The molecule has 1 aliphatic rings. The van der Waals surface area contributed by atoms with E-state index < -0.39 is 10.0 Å². The first-order valence-corrected chi connectivity index (χ1v) is 10.2. The molecule has 0 aromatic heterocycles. The zero-order chi connectivity index (χ0) is 17.7. The molecule has 134 valence electrons. The van der Waals surface area contributed by atoms with Gasteiger partial charge in [-0.3, -0.25) is 4.79 Å². The summed E-state index contributed by atoms with van der Waals surface area (Å²) in [6.45, 7) is 4.30. The van der Waals surface area contributed by atoms with Crippen LogP contribution < -0.4 is 4.72 Å². The highest BCUT2D eigenvalue weighted by Gasteiger charge is 2.23. The van der Waals surface area contributed by atoms with E-state index >= 15 is 0 Å². The minimum absolute atomic E-state index is 0.0408. The Morgan fingerprint density at radius 1 is 1.17 bits per heavy atom. The molecule has 1 aromatic carbocycles. The Labute approximate surface area is 145 Å². The van der Waals surface area contributed by atoms with E-state index in [2.05, 4.69) is 4.72 Å². The van der Waals surface area contributed by atoms with Crippen LogP contribution in [0.3, 0.4) is 0 Å². The number of rotatable bonds is 6. The van der Waals surface area contributed by atoms with Crippen LogP contribution in [0.2, 0.25) is 0 Å². The molecule has 0 atom stereocenters. The third-order valence-electron chi connectivity index (χ3n) is 4.54. The lowest BCUT2D eigenvalue weighted by atomic mass is 9.94. The van der Waals surface area contributed by atoms with Gasteiger partial charge in [0.2, 0.25) is 10.0 Å². The predicted molar refractivity (Wildman–Crippen MR) is 95.4 cm³/mol. The van der Waals surface area contributed by atoms with Gasteiger partial charge in [-0.25, -0.2) is 13.1 Å². The summed E-state index contributed by atoms with van der Waals surface area (Å²) in [7, 11) is -1.67. The molecule has 0 unspecified atom stereocenters. The molecule has 1 aliphatic carbocycles. The maximum absolute atomic E-state index is 12.6. The van der Waals surface area contributed by atoms with Gasteiger partial charge >= 0.3 is 0 Å². The van der Waals surface area contributed by atoms with Gasteiger partial charge in [0.15, 0.2) is 0 Å². The Bertz CT molecular complexity index is 647. The lowest BCUT2D eigenvalue weighted by Crippen LogP contribution is -2.38. The van der Waals surface area contributed by atoms with Gasteiger partial charge in [-0.15, -0.1) is 0 Å². The number of carbonyl (C=O) groups is 1. The number of amides is 1. The normalized spacial score (nSPS) is 16.3. The number of nitrogens with zero attached hydrogens (tertiary/aromatic N) is 1. The topological polar surface area (TPSA) is 66.5 Å². The number of nitrogens with one attached hydrogen (secondary N) is 1. The average molecular weight is 353 g/mol. The molecule has 0 saturated heterocycles. The van der Waals surface area contributed by atoms with Crippen LogP contribution in [0.1, 0.15) is 56.3 Å². The fourth-order valence-corrected chi connectivity index (χ4v) is 4.19. The first-order chi connectivity index (χ1) is 11.3. The summed E-state index contributed by atoms with van der Waals surface area (Å²) < 4.78 is 27.0. The quantitative estimate of drug-likeness (QED) is 0.856. The minimum atomic E-state index is -3.51. The van der Waals surface area contributed by atoms with Crippen molar-refractivity contribution in [2.24, 2.45) is 5.92 Å². The number of sulfonamides is 1. The summed E-state index contributed by atoms with van der Waals surface area (Å²) in [6.07, 6.45) is 5.68. The van der Waals surface area contributed by atoms with Gasteiger partial charge in [0.1, 0.15) is 0 Å². The Balaban J connectivity index is 2.06. The minimum Gasteiger partial charge on any atom is -0.339 e. The van der Waals surface area contributed by atoms with Crippen molar-refractivity contribution in [3.63, 3.8) is 0 Å². The van der Waals surface area contributed by atoms with Crippen LogP contribution in [0.5, 0.6) is 0 Å². The van der Waals surface area contributed by atoms with Crippen LogP contribution >= 0.6 is 0 Å². The molecule has 1 N–H and O–H groups in total. The molecular formula is C18H28N2O3S. The summed E-state index contributed by atoms with van der Waals surface area (Å²) in [5, 5.41) is 0. The summed E-state index contributed by atoms with van der Waals surface area (Å²) in [4.78, 5) is 14.6. The van der Waals surface area contributed by atoms with Crippen LogP contribution in [0, 0.1) is 5.92 Å². The van der Waals surface area contributed by atoms with Gasteiger partial charge in [-0.1, -0.05) is 33.1 Å². The smallest absolute Gasteiger partial charge is 0.253 e. The molecular weight excluding hydrogens is 324 g/mol. The zero-order valence-electron chi connectivity index (χ0n) is 14.8. The van der Waals surface area contributed by atoms with E-state index in [0.29, 0.717) is 18.2 Å². The van der Waals surface area contributed by atoms with E-state index in [1.54, 1.807) is 17.0 Å². The average Bonchev–Trinajstić information content (AvgIpc) is 2.59. The van der Waals surface area contributed by atoms with Gasteiger partial charge < -0.3 is 4.90 Å². The maximum Gasteiger partial charge on any atom is 0.253 e. The van der Waals surface area contributed by atoms with Crippen molar-refractivity contribution in [2.75, 3.05) is 13.6 Å². The van der Waals surface area contributed by atoms with Gasteiger partial charge in [0.05, 0.1) is 4.90 Å². The second kappa shape index (κ2) is 8.12. The fraction of sp³-hybridized carbons (Fsp3) is 0.611. The van der Waals surface area contributed by atoms with Crippen LogP contribution in [0.4, 0.5) is 0 Å². The molecule has 0 bridgehead atoms. The van der Waals surface area contributed by atoms with Crippen molar-refractivity contribution in [1.82, 2.24) is 9.62 Å². The molecule has 6 heteroatoms. The van der Waals surface area contributed by atoms with Crippen LogP contribution in [-0.2, 0) is 10.0 Å². The molecule has 0 heterocycles. The first-order valence-electron chi connectivity index (χ1n) is 8.68. The van der Waals surface area contributed by atoms with Crippen LogP contribution in [-0.4, -0.2) is 38.9 Å². The Hall–Kier alpha value is -1.40. The first kappa shape index (κ1) is 18.9. The van der Waals surface area contributed by atoms with Crippen molar-refractivity contribution < 1.29 is 13.2 Å². The summed E-state index contributed by atoms with van der Waals surface area (Å²) >= 11 is 0. The molecule has 1 fully saturated rings. The van der Waals surface area contributed by atoms with E-state index in [4.69, 9.17) is 0 Å². The second-order valence-electron chi connectivity index (χ2n) is 6.98. The van der Waals surface area contributed by atoms with Crippen LogP contribution in [0.25, 0.3) is 0 Å². The van der Waals surface area contributed by atoms with E-state index in [0.717, 1.165) is 12.8 Å². The van der Waals surface area contributed by atoms with Crippen molar-refractivity contribution >= 4 is 15.9 Å². The van der Waals surface area contributed by atoms with Gasteiger partial charge in [-0.05, 0) is 43.0 Å². The summed E-state index contributed by atoms with van der Waals surface area (Å²) in [5.74, 6) is 0.200. The molecule has 24 heavy (non-hydrogen) atoms. The van der Waals surface area contributed by atoms with Gasteiger partial charge in [0, 0.05) is 25.2 Å². The monoisotopic (exact) mass is 352 g/mol. The standard InChI is InChI=1S/C18H28N2O3S/c1-14(2)13-19-24(22,23)17-11-9-15(10-12-17)18(21)20(3)16-7-5-4-6-8-16/h9-12,14,16,19H,4-8,13H2,1-3H3. The third-order valence-corrected chi connectivity index (χ3v) is 5.98. The van der Waals surface area contributed by atoms with Gasteiger partial charge in [0.25, 0.3) is 5.91 Å². The van der Waals surface area contributed by atoms with E-state index in [-0.39, 0.29) is 16.7 Å².